The number of nitrogens with one attached hydrogen (secondary N) is 1. The Balaban J connectivity index is 2.18. The van der Waals surface area contributed by atoms with Crippen molar-refractivity contribution in [3.8, 4) is 6.07 Å². The van der Waals surface area contributed by atoms with E-state index in [1.54, 1.807) is 12.1 Å². The van der Waals surface area contributed by atoms with Gasteiger partial charge in [0, 0.05) is 5.56 Å². The van der Waals surface area contributed by atoms with E-state index >= 15 is 0 Å². The molecule has 2 heterocycles. The van der Waals surface area contributed by atoms with E-state index < -0.39 is 5.66 Å². The first-order valence-electron chi connectivity index (χ1n) is 5.88. The minimum Gasteiger partial charge on any atom is -0.382 e. The van der Waals surface area contributed by atoms with Crippen LogP contribution >= 0.6 is 0 Å². The van der Waals surface area contributed by atoms with Crippen molar-refractivity contribution in [2.75, 3.05) is 11.1 Å². The number of nitrogen functional groups attached to an aromatic ring is 1. The summed E-state index contributed by atoms with van der Waals surface area (Å²) in [7, 11) is 0. The fraction of sp³-hybridized carbons (Fsp3) is 0.0769. The normalized spacial score (nSPS) is 20.2. The second kappa shape index (κ2) is 4.20. The van der Waals surface area contributed by atoms with Crippen molar-refractivity contribution in [3.63, 3.8) is 0 Å². The first-order chi connectivity index (χ1) is 9.64. The predicted octanol–water partition coefficient (Wildman–Crippen LogP) is 0.566. The minimum absolute atomic E-state index is 0.150. The van der Waals surface area contributed by atoms with E-state index in [-0.39, 0.29) is 11.7 Å². The molecule has 1 atom stereocenters. The summed E-state index contributed by atoms with van der Waals surface area (Å²) in [5, 5.41) is 12.5. The third-order valence-corrected chi connectivity index (χ3v) is 2.97. The SMILES string of the molecule is N#CC1(c2ccccc2)N=C(N)c2ncc(N)nc2N1. The van der Waals surface area contributed by atoms with Gasteiger partial charge < -0.3 is 16.8 Å². The number of aromatic nitrogens is 2. The molecular weight excluding hydrogens is 254 g/mol. The summed E-state index contributed by atoms with van der Waals surface area (Å²) < 4.78 is 0. The number of hydrogen-bond acceptors (Lipinski definition) is 7. The maximum absolute atomic E-state index is 9.55. The van der Waals surface area contributed by atoms with Gasteiger partial charge in [-0.25, -0.2) is 15.0 Å². The number of fused-ring (bicyclic) bond motifs is 1. The van der Waals surface area contributed by atoms with Gasteiger partial charge in [-0.1, -0.05) is 30.3 Å². The molecule has 7 heteroatoms. The molecule has 1 unspecified atom stereocenters. The topological polar surface area (TPSA) is 126 Å². The van der Waals surface area contributed by atoms with Crippen molar-refractivity contribution in [2.45, 2.75) is 5.66 Å². The number of nitriles is 1. The van der Waals surface area contributed by atoms with E-state index in [0.29, 0.717) is 17.1 Å². The molecule has 98 valence electrons. The van der Waals surface area contributed by atoms with Gasteiger partial charge >= 0.3 is 0 Å². The van der Waals surface area contributed by atoms with Crippen molar-refractivity contribution in [1.82, 2.24) is 9.97 Å². The summed E-state index contributed by atoms with van der Waals surface area (Å²) in [5.41, 5.74) is 11.3. The summed E-state index contributed by atoms with van der Waals surface area (Å²) >= 11 is 0. The van der Waals surface area contributed by atoms with Crippen molar-refractivity contribution in [1.29, 1.82) is 5.26 Å². The van der Waals surface area contributed by atoms with Crippen LogP contribution in [-0.4, -0.2) is 15.8 Å². The molecular formula is C13H11N7. The smallest absolute Gasteiger partial charge is 0.247 e. The third-order valence-electron chi connectivity index (χ3n) is 2.97. The van der Waals surface area contributed by atoms with Gasteiger partial charge in [-0.2, -0.15) is 5.26 Å². The second-order valence-corrected chi connectivity index (χ2v) is 4.30. The zero-order valence-electron chi connectivity index (χ0n) is 10.4. The first kappa shape index (κ1) is 11.9. The molecule has 3 rings (SSSR count). The molecule has 0 fully saturated rings. The Morgan fingerprint density at radius 2 is 1.95 bits per heavy atom. The molecule has 0 radical (unpaired) electrons. The Morgan fingerprint density at radius 1 is 1.20 bits per heavy atom. The van der Waals surface area contributed by atoms with Crippen molar-refractivity contribution in [2.24, 2.45) is 10.7 Å². The Bertz CT molecular complexity index is 732. The maximum Gasteiger partial charge on any atom is 0.247 e. The van der Waals surface area contributed by atoms with Crippen LogP contribution in [0.1, 0.15) is 11.3 Å². The van der Waals surface area contributed by atoms with Crippen LogP contribution in [0.3, 0.4) is 0 Å². The van der Waals surface area contributed by atoms with E-state index in [0.717, 1.165) is 0 Å². The summed E-state index contributed by atoms with van der Waals surface area (Å²) in [6.07, 6.45) is 1.39. The van der Waals surface area contributed by atoms with Crippen LogP contribution < -0.4 is 16.8 Å². The van der Waals surface area contributed by atoms with Crippen LogP contribution in [0.4, 0.5) is 11.6 Å². The van der Waals surface area contributed by atoms with Gasteiger partial charge in [0.1, 0.15) is 17.6 Å². The fourth-order valence-corrected chi connectivity index (χ4v) is 2.04. The number of anilines is 2. The highest BCUT2D eigenvalue weighted by molar-refractivity contribution is 6.02. The molecule has 20 heavy (non-hydrogen) atoms. The summed E-state index contributed by atoms with van der Waals surface area (Å²) in [4.78, 5) is 12.5. The molecule has 1 aliphatic rings. The molecule has 7 nitrogen and oxygen atoms in total. The fourth-order valence-electron chi connectivity index (χ4n) is 2.04. The molecule has 0 saturated carbocycles. The lowest BCUT2D eigenvalue weighted by Crippen LogP contribution is -2.40. The highest BCUT2D eigenvalue weighted by Gasteiger charge is 2.37. The van der Waals surface area contributed by atoms with Crippen LogP contribution in [0.15, 0.2) is 41.5 Å². The lowest BCUT2D eigenvalue weighted by atomic mass is 9.99. The molecule has 0 saturated heterocycles. The van der Waals surface area contributed by atoms with E-state index in [2.05, 4.69) is 26.3 Å². The van der Waals surface area contributed by atoms with Gasteiger partial charge in [0.15, 0.2) is 11.7 Å². The number of rotatable bonds is 1. The Labute approximate surface area is 115 Å². The van der Waals surface area contributed by atoms with Gasteiger partial charge in [-0.05, 0) is 0 Å². The van der Waals surface area contributed by atoms with E-state index in [1.165, 1.54) is 6.20 Å². The summed E-state index contributed by atoms with van der Waals surface area (Å²) in [6, 6.07) is 11.2. The van der Waals surface area contributed by atoms with Crippen LogP contribution in [0.5, 0.6) is 0 Å². The molecule has 2 aromatic rings. The van der Waals surface area contributed by atoms with Crippen molar-refractivity contribution >= 4 is 17.5 Å². The molecule has 1 aliphatic heterocycles. The average molecular weight is 265 g/mol. The lowest BCUT2D eigenvalue weighted by molar-refractivity contribution is 0.654. The van der Waals surface area contributed by atoms with E-state index in [4.69, 9.17) is 11.5 Å². The Morgan fingerprint density at radius 3 is 2.65 bits per heavy atom. The van der Waals surface area contributed by atoms with E-state index in [9.17, 15) is 5.26 Å². The van der Waals surface area contributed by atoms with Gasteiger partial charge in [-0.15, -0.1) is 0 Å². The van der Waals surface area contributed by atoms with Crippen LogP contribution in [0.25, 0.3) is 0 Å². The number of hydrogen-bond donors (Lipinski definition) is 3. The lowest BCUT2D eigenvalue weighted by Gasteiger charge is -2.29. The molecule has 0 aliphatic carbocycles. The van der Waals surface area contributed by atoms with Crippen molar-refractivity contribution in [3.05, 3.63) is 47.8 Å². The number of aliphatic imine (C=N–C) groups is 1. The number of nitrogens with zero attached hydrogens (tertiary/aromatic N) is 4. The Hall–Kier alpha value is -3.14. The molecule has 1 aromatic heterocycles. The molecule has 1 aromatic carbocycles. The second-order valence-electron chi connectivity index (χ2n) is 4.30. The highest BCUT2D eigenvalue weighted by Crippen LogP contribution is 2.32. The maximum atomic E-state index is 9.55. The molecule has 0 bridgehead atoms. The Kier molecular flexibility index (Phi) is 2.51. The van der Waals surface area contributed by atoms with Gasteiger partial charge in [0.2, 0.25) is 5.66 Å². The van der Waals surface area contributed by atoms with E-state index in [1.807, 2.05) is 18.2 Å². The first-order valence-corrected chi connectivity index (χ1v) is 5.88. The molecule has 0 amide bonds. The standard InChI is InChI=1S/C13H11N7/c14-7-13(8-4-2-1-3-5-8)19-11(16)10-12(20-13)18-9(15)6-17-10/h1-6H,(H2,16,19)(H3,15,18,20). The zero-order valence-corrected chi connectivity index (χ0v) is 10.4. The van der Waals surface area contributed by atoms with Gasteiger partial charge in [0.05, 0.1) is 6.20 Å². The molecule has 0 spiro atoms. The van der Waals surface area contributed by atoms with Gasteiger partial charge in [-0.3, -0.25) is 0 Å². The highest BCUT2D eigenvalue weighted by atomic mass is 15.2. The number of benzene rings is 1. The van der Waals surface area contributed by atoms with Crippen LogP contribution in [0.2, 0.25) is 0 Å². The zero-order chi connectivity index (χ0) is 14.2. The minimum atomic E-state index is -1.32. The largest absolute Gasteiger partial charge is 0.382 e. The van der Waals surface area contributed by atoms with Crippen LogP contribution in [0, 0.1) is 11.3 Å². The quantitative estimate of drug-likeness (QED) is 0.691. The monoisotopic (exact) mass is 265 g/mol. The number of amidine groups is 1. The summed E-state index contributed by atoms with van der Waals surface area (Å²) in [6.45, 7) is 0. The molecule has 5 N–H and O–H groups in total. The number of nitrogens with two attached hydrogens (primary N) is 2. The summed E-state index contributed by atoms with van der Waals surface area (Å²) in [5.74, 6) is 0.741. The van der Waals surface area contributed by atoms with Crippen molar-refractivity contribution < 1.29 is 0 Å². The van der Waals surface area contributed by atoms with Gasteiger partial charge in [0.25, 0.3) is 0 Å². The third kappa shape index (κ3) is 1.71. The predicted molar refractivity (Wildman–Crippen MR) is 74.5 cm³/mol. The van der Waals surface area contributed by atoms with Crippen LogP contribution in [-0.2, 0) is 5.66 Å². The average Bonchev–Trinajstić information content (AvgIpc) is 2.47.